The van der Waals surface area contributed by atoms with Crippen molar-refractivity contribution in [1.29, 1.82) is 0 Å². The standard InChI is InChI=1S/C18H30N2/c1-15(2)13-16-7-9-17(10-8-16)18(14-19)20-11-5-3-4-6-12-20/h7-10,15,18H,3-6,11-14,19H2,1-2H3. The van der Waals surface area contributed by atoms with Crippen molar-refractivity contribution in [2.75, 3.05) is 19.6 Å². The number of nitrogens with two attached hydrogens (primary N) is 1. The van der Waals surface area contributed by atoms with Gasteiger partial charge in [-0.3, -0.25) is 4.90 Å². The summed E-state index contributed by atoms with van der Waals surface area (Å²) in [6.45, 7) is 7.68. The average molecular weight is 274 g/mol. The SMILES string of the molecule is CC(C)Cc1ccc(C(CN)N2CCCCCC2)cc1. The minimum atomic E-state index is 0.404. The van der Waals surface area contributed by atoms with E-state index in [1.54, 1.807) is 0 Å². The van der Waals surface area contributed by atoms with E-state index in [1.807, 2.05) is 0 Å². The molecule has 1 saturated heterocycles. The number of hydrogen-bond acceptors (Lipinski definition) is 2. The van der Waals surface area contributed by atoms with Crippen LogP contribution in [0.2, 0.25) is 0 Å². The molecule has 0 radical (unpaired) electrons. The van der Waals surface area contributed by atoms with Gasteiger partial charge in [-0.25, -0.2) is 0 Å². The molecule has 0 aliphatic carbocycles. The van der Waals surface area contributed by atoms with Crippen LogP contribution in [0.25, 0.3) is 0 Å². The molecule has 1 aliphatic rings. The molecule has 112 valence electrons. The first kappa shape index (κ1) is 15.5. The highest BCUT2D eigenvalue weighted by atomic mass is 15.2. The summed E-state index contributed by atoms with van der Waals surface area (Å²) in [5, 5.41) is 0. The topological polar surface area (TPSA) is 29.3 Å². The van der Waals surface area contributed by atoms with Gasteiger partial charge in [0, 0.05) is 12.6 Å². The lowest BCUT2D eigenvalue weighted by atomic mass is 9.98. The highest BCUT2D eigenvalue weighted by molar-refractivity contribution is 5.25. The van der Waals surface area contributed by atoms with E-state index in [1.165, 1.54) is 49.9 Å². The van der Waals surface area contributed by atoms with Gasteiger partial charge in [-0.2, -0.15) is 0 Å². The number of nitrogens with zero attached hydrogens (tertiary/aromatic N) is 1. The Balaban J connectivity index is 2.06. The Morgan fingerprint density at radius 2 is 1.60 bits per heavy atom. The zero-order valence-corrected chi connectivity index (χ0v) is 13.1. The third-order valence-electron chi connectivity index (χ3n) is 4.31. The predicted molar refractivity (Wildman–Crippen MR) is 86.8 cm³/mol. The number of hydrogen-bond donors (Lipinski definition) is 1. The molecule has 20 heavy (non-hydrogen) atoms. The Kier molecular flexibility index (Phi) is 6.06. The summed E-state index contributed by atoms with van der Waals surface area (Å²) in [7, 11) is 0. The summed E-state index contributed by atoms with van der Waals surface area (Å²) in [4.78, 5) is 2.59. The summed E-state index contributed by atoms with van der Waals surface area (Å²) in [5.74, 6) is 0.719. The van der Waals surface area contributed by atoms with Crippen LogP contribution in [-0.4, -0.2) is 24.5 Å². The lowest BCUT2D eigenvalue weighted by Gasteiger charge is -2.30. The molecule has 2 N–H and O–H groups in total. The first-order valence-corrected chi connectivity index (χ1v) is 8.23. The second-order valence-corrected chi connectivity index (χ2v) is 6.54. The van der Waals surface area contributed by atoms with Gasteiger partial charge in [-0.15, -0.1) is 0 Å². The molecule has 0 spiro atoms. The van der Waals surface area contributed by atoms with E-state index in [9.17, 15) is 0 Å². The van der Waals surface area contributed by atoms with Crippen molar-refractivity contribution in [2.45, 2.75) is 52.0 Å². The Morgan fingerprint density at radius 1 is 1.00 bits per heavy atom. The summed E-state index contributed by atoms with van der Waals surface area (Å²) >= 11 is 0. The summed E-state index contributed by atoms with van der Waals surface area (Å²) < 4.78 is 0. The average Bonchev–Trinajstić information content (AvgIpc) is 2.70. The lowest BCUT2D eigenvalue weighted by Crippen LogP contribution is -2.34. The molecule has 2 rings (SSSR count). The van der Waals surface area contributed by atoms with Gasteiger partial charge in [0.2, 0.25) is 0 Å². The third kappa shape index (κ3) is 4.32. The third-order valence-corrected chi connectivity index (χ3v) is 4.31. The van der Waals surface area contributed by atoms with Gasteiger partial charge in [0.25, 0.3) is 0 Å². The molecule has 2 nitrogen and oxygen atoms in total. The smallest absolute Gasteiger partial charge is 0.0470 e. The van der Waals surface area contributed by atoms with Gasteiger partial charge >= 0.3 is 0 Å². The maximum atomic E-state index is 6.06. The van der Waals surface area contributed by atoms with E-state index in [-0.39, 0.29) is 0 Å². The van der Waals surface area contributed by atoms with Gasteiger partial charge in [0.15, 0.2) is 0 Å². The first-order valence-electron chi connectivity index (χ1n) is 8.23. The van der Waals surface area contributed by atoms with Crippen molar-refractivity contribution in [3.8, 4) is 0 Å². The van der Waals surface area contributed by atoms with Crippen LogP contribution in [-0.2, 0) is 6.42 Å². The maximum Gasteiger partial charge on any atom is 0.0470 e. The van der Waals surface area contributed by atoms with E-state index in [2.05, 4.69) is 43.0 Å². The molecular weight excluding hydrogens is 244 g/mol. The van der Waals surface area contributed by atoms with Crippen LogP contribution in [0.15, 0.2) is 24.3 Å². The van der Waals surface area contributed by atoms with Gasteiger partial charge in [-0.05, 0) is 49.4 Å². The highest BCUT2D eigenvalue weighted by Crippen LogP contribution is 2.24. The van der Waals surface area contributed by atoms with E-state index in [4.69, 9.17) is 5.73 Å². The van der Waals surface area contributed by atoms with Crippen molar-refractivity contribution in [3.05, 3.63) is 35.4 Å². The Labute approximate surface area is 124 Å². The van der Waals surface area contributed by atoms with E-state index >= 15 is 0 Å². The molecule has 0 amide bonds. The summed E-state index contributed by atoms with van der Waals surface area (Å²) in [5.41, 5.74) is 8.89. The number of likely N-dealkylation sites (tertiary alicyclic amines) is 1. The van der Waals surface area contributed by atoms with E-state index in [0.29, 0.717) is 6.04 Å². The van der Waals surface area contributed by atoms with Crippen molar-refractivity contribution < 1.29 is 0 Å². The molecule has 1 aliphatic heterocycles. The Morgan fingerprint density at radius 3 is 2.10 bits per heavy atom. The van der Waals surface area contributed by atoms with Crippen molar-refractivity contribution in [2.24, 2.45) is 11.7 Å². The first-order chi connectivity index (χ1) is 9.70. The fourth-order valence-electron chi connectivity index (χ4n) is 3.25. The molecule has 1 aromatic rings. The van der Waals surface area contributed by atoms with Gasteiger partial charge < -0.3 is 5.73 Å². The lowest BCUT2D eigenvalue weighted by molar-refractivity contribution is 0.210. The van der Waals surface area contributed by atoms with Crippen LogP contribution >= 0.6 is 0 Å². The van der Waals surface area contributed by atoms with Crippen molar-refractivity contribution >= 4 is 0 Å². The van der Waals surface area contributed by atoms with Crippen LogP contribution in [0.1, 0.15) is 56.7 Å². The molecule has 1 heterocycles. The van der Waals surface area contributed by atoms with Crippen LogP contribution in [0.4, 0.5) is 0 Å². The molecular formula is C18H30N2. The van der Waals surface area contributed by atoms with Gasteiger partial charge in [0.1, 0.15) is 0 Å². The van der Waals surface area contributed by atoms with Crippen LogP contribution in [0.3, 0.4) is 0 Å². The predicted octanol–water partition coefficient (Wildman–Crippen LogP) is 3.76. The largest absolute Gasteiger partial charge is 0.329 e. The minimum absolute atomic E-state index is 0.404. The number of benzene rings is 1. The second-order valence-electron chi connectivity index (χ2n) is 6.54. The van der Waals surface area contributed by atoms with Crippen LogP contribution in [0.5, 0.6) is 0 Å². The van der Waals surface area contributed by atoms with Crippen LogP contribution in [0, 0.1) is 5.92 Å². The molecule has 1 aromatic carbocycles. The zero-order valence-electron chi connectivity index (χ0n) is 13.1. The van der Waals surface area contributed by atoms with Gasteiger partial charge in [0.05, 0.1) is 0 Å². The molecule has 1 atom stereocenters. The van der Waals surface area contributed by atoms with Crippen molar-refractivity contribution in [1.82, 2.24) is 4.90 Å². The molecule has 0 saturated carbocycles. The fraction of sp³-hybridized carbons (Fsp3) is 0.667. The quantitative estimate of drug-likeness (QED) is 0.886. The summed E-state index contributed by atoms with van der Waals surface area (Å²) in [6.07, 6.45) is 6.56. The Bertz CT molecular complexity index is 375. The number of rotatable bonds is 5. The van der Waals surface area contributed by atoms with Crippen LogP contribution < -0.4 is 5.73 Å². The minimum Gasteiger partial charge on any atom is -0.329 e. The summed E-state index contributed by atoms with van der Waals surface area (Å²) in [6, 6.07) is 9.56. The van der Waals surface area contributed by atoms with Crippen molar-refractivity contribution in [3.63, 3.8) is 0 Å². The monoisotopic (exact) mass is 274 g/mol. The molecule has 0 bridgehead atoms. The van der Waals surface area contributed by atoms with E-state index in [0.717, 1.165) is 18.9 Å². The molecule has 1 unspecified atom stereocenters. The molecule has 2 heteroatoms. The van der Waals surface area contributed by atoms with E-state index < -0.39 is 0 Å². The Hall–Kier alpha value is -0.860. The maximum absolute atomic E-state index is 6.06. The molecule has 0 aromatic heterocycles. The molecule has 1 fully saturated rings. The van der Waals surface area contributed by atoms with Gasteiger partial charge in [-0.1, -0.05) is 51.0 Å². The highest BCUT2D eigenvalue weighted by Gasteiger charge is 2.19. The normalized spacial score (nSPS) is 19.0. The zero-order chi connectivity index (χ0) is 14.4. The fourth-order valence-corrected chi connectivity index (χ4v) is 3.25. The second kappa shape index (κ2) is 7.80.